The lowest BCUT2D eigenvalue weighted by atomic mass is 10.1. The third-order valence-corrected chi connectivity index (χ3v) is 5.21. The summed E-state index contributed by atoms with van der Waals surface area (Å²) in [4.78, 5) is 27.0. The van der Waals surface area contributed by atoms with Crippen molar-refractivity contribution in [1.29, 1.82) is 0 Å². The number of fused-ring (bicyclic) bond motifs is 2. The SMILES string of the molecule is O=C(Nc1cccc(C(=O)N2C3CCNCC2CC3)c1)C1CC1. The van der Waals surface area contributed by atoms with Gasteiger partial charge in [0.05, 0.1) is 0 Å². The predicted octanol–water partition coefficient (Wildman–Crippen LogP) is 2.00. The van der Waals surface area contributed by atoms with Gasteiger partial charge in [-0.2, -0.15) is 0 Å². The highest BCUT2D eigenvalue weighted by Gasteiger charge is 2.38. The number of carbonyl (C=O) groups is 2. The molecule has 23 heavy (non-hydrogen) atoms. The Balaban J connectivity index is 1.52. The van der Waals surface area contributed by atoms with Crippen LogP contribution in [0.1, 0.15) is 42.5 Å². The minimum absolute atomic E-state index is 0.0774. The van der Waals surface area contributed by atoms with E-state index < -0.39 is 0 Å². The Bertz CT molecular complexity index is 612. The van der Waals surface area contributed by atoms with Gasteiger partial charge in [0.2, 0.25) is 5.91 Å². The first kappa shape index (κ1) is 14.7. The summed E-state index contributed by atoms with van der Waals surface area (Å²) in [6, 6.07) is 8.04. The van der Waals surface area contributed by atoms with E-state index in [9.17, 15) is 9.59 Å². The average molecular weight is 313 g/mol. The zero-order valence-corrected chi connectivity index (χ0v) is 13.3. The third kappa shape index (κ3) is 2.98. The molecule has 2 heterocycles. The quantitative estimate of drug-likeness (QED) is 0.897. The third-order valence-electron chi connectivity index (χ3n) is 5.21. The van der Waals surface area contributed by atoms with Gasteiger partial charge in [-0.3, -0.25) is 9.59 Å². The minimum atomic E-state index is 0.0774. The van der Waals surface area contributed by atoms with Crippen molar-refractivity contribution in [2.75, 3.05) is 18.4 Å². The summed E-state index contributed by atoms with van der Waals surface area (Å²) in [7, 11) is 0. The Labute approximate surface area is 136 Å². The zero-order valence-electron chi connectivity index (χ0n) is 13.3. The van der Waals surface area contributed by atoms with Gasteiger partial charge in [-0.05, 0) is 56.8 Å². The largest absolute Gasteiger partial charge is 0.331 e. The van der Waals surface area contributed by atoms with E-state index in [0.717, 1.165) is 50.9 Å². The molecule has 2 unspecified atom stereocenters. The molecule has 1 aliphatic carbocycles. The van der Waals surface area contributed by atoms with Crippen LogP contribution in [0, 0.1) is 5.92 Å². The molecule has 3 fully saturated rings. The van der Waals surface area contributed by atoms with Crippen molar-refractivity contribution in [3.63, 3.8) is 0 Å². The number of hydrogen-bond donors (Lipinski definition) is 2. The summed E-state index contributed by atoms with van der Waals surface area (Å²) < 4.78 is 0. The lowest BCUT2D eigenvalue weighted by molar-refractivity contribution is -0.117. The van der Waals surface area contributed by atoms with Crippen molar-refractivity contribution in [2.24, 2.45) is 5.92 Å². The smallest absolute Gasteiger partial charge is 0.254 e. The molecule has 1 aromatic rings. The van der Waals surface area contributed by atoms with Crippen LogP contribution < -0.4 is 10.6 Å². The van der Waals surface area contributed by atoms with Gasteiger partial charge in [0.15, 0.2) is 0 Å². The van der Waals surface area contributed by atoms with E-state index >= 15 is 0 Å². The van der Waals surface area contributed by atoms with E-state index in [4.69, 9.17) is 0 Å². The highest BCUT2D eigenvalue weighted by Crippen LogP contribution is 2.31. The monoisotopic (exact) mass is 313 g/mol. The van der Waals surface area contributed by atoms with Crippen molar-refractivity contribution in [3.8, 4) is 0 Å². The van der Waals surface area contributed by atoms with E-state index in [1.54, 1.807) is 0 Å². The van der Waals surface area contributed by atoms with Crippen LogP contribution in [0.15, 0.2) is 24.3 Å². The van der Waals surface area contributed by atoms with Gasteiger partial charge >= 0.3 is 0 Å². The summed E-state index contributed by atoms with van der Waals surface area (Å²) in [5.74, 6) is 0.347. The van der Waals surface area contributed by atoms with Crippen molar-refractivity contribution < 1.29 is 9.59 Å². The average Bonchev–Trinajstić information content (AvgIpc) is 3.32. The van der Waals surface area contributed by atoms with Gasteiger partial charge in [0.1, 0.15) is 0 Å². The van der Waals surface area contributed by atoms with E-state index in [0.29, 0.717) is 17.6 Å². The lowest BCUT2D eigenvalue weighted by Crippen LogP contribution is -2.42. The maximum absolute atomic E-state index is 13.0. The Kier molecular flexibility index (Phi) is 3.81. The second-order valence-electron chi connectivity index (χ2n) is 6.93. The van der Waals surface area contributed by atoms with Crippen LogP contribution in [0.25, 0.3) is 0 Å². The molecule has 2 bridgehead atoms. The number of rotatable bonds is 3. The first-order chi connectivity index (χ1) is 11.2. The van der Waals surface area contributed by atoms with Gasteiger partial charge in [0, 0.05) is 35.8 Å². The van der Waals surface area contributed by atoms with Gasteiger partial charge in [-0.1, -0.05) is 6.07 Å². The molecule has 2 N–H and O–H groups in total. The first-order valence-corrected chi connectivity index (χ1v) is 8.66. The topological polar surface area (TPSA) is 61.4 Å². The highest BCUT2D eigenvalue weighted by molar-refractivity contribution is 5.98. The molecule has 122 valence electrons. The van der Waals surface area contributed by atoms with Crippen LogP contribution >= 0.6 is 0 Å². The number of nitrogens with one attached hydrogen (secondary N) is 2. The number of anilines is 1. The molecule has 5 heteroatoms. The van der Waals surface area contributed by atoms with Gasteiger partial charge in [-0.15, -0.1) is 0 Å². The number of carbonyl (C=O) groups excluding carboxylic acids is 2. The van der Waals surface area contributed by atoms with E-state index in [1.165, 1.54) is 0 Å². The van der Waals surface area contributed by atoms with Crippen molar-refractivity contribution in [1.82, 2.24) is 10.2 Å². The molecule has 5 nitrogen and oxygen atoms in total. The lowest BCUT2D eigenvalue weighted by Gasteiger charge is -2.28. The van der Waals surface area contributed by atoms with E-state index in [-0.39, 0.29) is 17.7 Å². The van der Waals surface area contributed by atoms with E-state index in [2.05, 4.69) is 15.5 Å². The molecule has 1 aromatic carbocycles. The van der Waals surface area contributed by atoms with Gasteiger partial charge < -0.3 is 15.5 Å². The Hall–Kier alpha value is -1.88. The Morgan fingerprint density at radius 1 is 1.09 bits per heavy atom. The predicted molar refractivity (Wildman–Crippen MR) is 88.3 cm³/mol. The summed E-state index contributed by atoms with van der Waals surface area (Å²) in [5, 5.41) is 6.35. The number of nitrogens with zero attached hydrogens (tertiary/aromatic N) is 1. The fourth-order valence-electron chi connectivity index (χ4n) is 3.78. The standard InChI is InChI=1S/C18H23N3O2/c22-17(12-4-5-12)20-14-3-1-2-13(10-14)18(23)21-15-6-7-16(21)11-19-9-8-15/h1-3,10,12,15-16,19H,4-9,11H2,(H,20,22). The minimum Gasteiger partial charge on any atom is -0.331 e. The molecule has 2 amide bonds. The maximum atomic E-state index is 13.0. The molecule has 1 saturated carbocycles. The Morgan fingerprint density at radius 2 is 1.91 bits per heavy atom. The van der Waals surface area contributed by atoms with E-state index in [1.807, 2.05) is 24.3 Å². The molecule has 2 saturated heterocycles. The van der Waals surface area contributed by atoms with Gasteiger partial charge in [-0.25, -0.2) is 0 Å². The molecule has 0 aromatic heterocycles. The summed E-state index contributed by atoms with van der Waals surface area (Å²) in [6.07, 6.45) is 5.18. The zero-order chi connectivity index (χ0) is 15.8. The normalized spacial score (nSPS) is 26.7. The molecule has 0 spiro atoms. The van der Waals surface area contributed by atoms with Crippen molar-refractivity contribution in [3.05, 3.63) is 29.8 Å². The highest BCUT2D eigenvalue weighted by atomic mass is 16.2. The van der Waals surface area contributed by atoms with Crippen molar-refractivity contribution in [2.45, 2.75) is 44.2 Å². The maximum Gasteiger partial charge on any atom is 0.254 e. The van der Waals surface area contributed by atoms with Crippen LogP contribution in [-0.4, -0.2) is 41.9 Å². The van der Waals surface area contributed by atoms with Crippen LogP contribution in [0.4, 0.5) is 5.69 Å². The number of hydrogen-bond acceptors (Lipinski definition) is 3. The van der Waals surface area contributed by atoms with Crippen LogP contribution in [0.3, 0.4) is 0 Å². The summed E-state index contributed by atoms with van der Waals surface area (Å²) in [6.45, 7) is 1.88. The van der Waals surface area contributed by atoms with Crippen LogP contribution in [-0.2, 0) is 4.79 Å². The second kappa shape index (κ2) is 5.96. The number of amides is 2. The fourth-order valence-corrected chi connectivity index (χ4v) is 3.78. The molecule has 2 atom stereocenters. The molecular formula is C18H23N3O2. The van der Waals surface area contributed by atoms with Crippen LogP contribution in [0.2, 0.25) is 0 Å². The Morgan fingerprint density at radius 3 is 2.74 bits per heavy atom. The fraction of sp³-hybridized carbons (Fsp3) is 0.556. The van der Waals surface area contributed by atoms with Crippen LogP contribution in [0.5, 0.6) is 0 Å². The molecule has 2 aliphatic heterocycles. The van der Waals surface area contributed by atoms with Crippen molar-refractivity contribution >= 4 is 17.5 Å². The summed E-state index contributed by atoms with van der Waals surface area (Å²) in [5.41, 5.74) is 1.41. The van der Waals surface area contributed by atoms with Gasteiger partial charge in [0.25, 0.3) is 5.91 Å². The first-order valence-electron chi connectivity index (χ1n) is 8.66. The summed E-state index contributed by atoms with van der Waals surface area (Å²) >= 11 is 0. The molecule has 4 rings (SSSR count). The molecular weight excluding hydrogens is 290 g/mol. The second-order valence-corrected chi connectivity index (χ2v) is 6.93. The number of benzene rings is 1. The molecule has 3 aliphatic rings. The molecule has 0 radical (unpaired) electrons.